The number of amides is 3. The molecule has 4 heterocycles. The molecule has 2 aliphatic heterocycles. The molecule has 2 aliphatic rings. The fraction of sp³-hybridized carbons (Fsp3) is 0.440. The van der Waals surface area contributed by atoms with Crippen molar-refractivity contribution in [3.8, 4) is 6.07 Å². The van der Waals surface area contributed by atoms with E-state index in [4.69, 9.17) is 4.74 Å². The van der Waals surface area contributed by atoms with Crippen molar-refractivity contribution in [3.05, 3.63) is 40.7 Å². The SMILES string of the molecule is COCC(C)Nc1cc(NC(=O)N2CCCc3cc(CN4CCCC4=O)c(C=O)nc32)ncc1C#N. The first kappa shape index (κ1) is 25.1. The highest BCUT2D eigenvalue weighted by atomic mass is 16.5. The monoisotopic (exact) mass is 491 g/mol. The van der Waals surface area contributed by atoms with E-state index in [-0.39, 0.29) is 23.5 Å². The van der Waals surface area contributed by atoms with Crippen molar-refractivity contribution in [1.82, 2.24) is 14.9 Å². The lowest BCUT2D eigenvalue weighted by Crippen LogP contribution is -2.40. The van der Waals surface area contributed by atoms with Gasteiger partial charge in [0.1, 0.15) is 23.4 Å². The van der Waals surface area contributed by atoms with E-state index in [0.29, 0.717) is 68.0 Å². The molecule has 2 N–H and O–H groups in total. The fourth-order valence-electron chi connectivity index (χ4n) is 4.53. The number of carbonyl (C=O) groups is 3. The second-order valence-corrected chi connectivity index (χ2v) is 8.97. The number of nitrogens with one attached hydrogen (secondary N) is 2. The molecule has 3 amide bonds. The second kappa shape index (κ2) is 11.1. The Labute approximate surface area is 209 Å². The van der Waals surface area contributed by atoms with Gasteiger partial charge in [-0.3, -0.25) is 19.8 Å². The number of hydrogen-bond donors (Lipinski definition) is 2. The van der Waals surface area contributed by atoms with Gasteiger partial charge in [-0.2, -0.15) is 5.26 Å². The van der Waals surface area contributed by atoms with Crippen LogP contribution in [0.25, 0.3) is 0 Å². The van der Waals surface area contributed by atoms with Crippen LogP contribution in [-0.4, -0.2) is 65.9 Å². The first-order valence-electron chi connectivity index (χ1n) is 11.9. The summed E-state index contributed by atoms with van der Waals surface area (Å²) in [6.07, 6.45) is 4.85. The quantitative estimate of drug-likeness (QED) is 0.537. The molecule has 4 rings (SSSR count). The Hall–Kier alpha value is -4.04. The number of pyridine rings is 2. The zero-order valence-corrected chi connectivity index (χ0v) is 20.4. The van der Waals surface area contributed by atoms with Gasteiger partial charge >= 0.3 is 6.03 Å². The van der Waals surface area contributed by atoms with E-state index < -0.39 is 6.03 Å². The van der Waals surface area contributed by atoms with E-state index in [2.05, 4.69) is 26.7 Å². The number of nitriles is 1. The van der Waals surface area contributed by atoms with Crippen molar-refractivity contribution in [2.24, 2.45) is 0 Å². The maximum Gasteiger partial charge on any atom is 0.328 e. The predicted molar refractivity (Wildman–Crippen MR) is 133 cm³/mol. The van der Waals surface area contributed by atoms with Gasteiger partial charge in [-0.25, -0.2) is 14.8 Å². The Kier molecular flexibility index (Phi) is 7.75. The lowest BCUT2D eigenvalue weighted by atomic mass is 10.0. The van der Waals surface area contributed by atoms with Crippen molar-refractivity contribution in [2.45, 2.75) is 45.2 Å². The molecule has 1 unspecified atom stereocenters. The third kappa shape index (κ3) is 5.44. The standard InChI is InChI=1S/C25H29N7O4/c1-16(15-36-2)28-20-10-22(27-12-19(20)11-26)30-25(35)32-8-3-5-17-9-18(21(14-33)29-24(17)32)13-31-7-4-6-23(31)34/h9-10,12,14,16H,3-8,13,15H2,1-2H3,(H2,27,28,30,35). The molecular formula is C25H29N7O4. The number of rotatable bonds is 8. The van der Waals surface area contributed by atoms with Crippen molar-refractivity contribution in [3.63, 3.8) is 0 Å². The van der Waals surface area contributed by atoms with Crippen LogP contribution >= 0.6 is 0 Å². The highest BCUT2D eigenvalue weighted by Gasteiger charge is 2.28. The molecule has 188 valence electrons. The van der Waals surface area contributed by atoms with Crippen LogP contribution in [0.5, 0.6) is 0 Å². The summed E-state index contributed by atoms with van der Waals surface area (Å²) in [6.45, 7) is 3.80. The first-order valence-corrected chi connectivity index (χ1v) is 11.9. The van der Waals surface area contributed by atoms with Gasteiger partial charge in [0.05, 0.1) is 17.9 Å². The Balaban J connectivity index is 1.55. The summed E-state index contributed by atoms with van der Waals surface area (Å²) in [5, 5.41) is 15.4. The van der Waals surface area contributed by atoms with E-state index in [0.717, 1.165) is 18.4 Å². The molecule has 0 aromatic carbocycles. The van der Waals surface area contributed by atoms with Crippen LogP contribution in [0, 0.1) is 11.3 Å². The number of hydrogen-bond acceptors (Lipinski definition) is 8. The number of carbonyl (C=O) groups excluding carboxylic acids is 3. The highest BCUT2D eigenvalue weighted by Crippen LogP contribution is 2.29. The van der Waals surface area contributed by atoms with E-state index in [1.165, 1.54) is 11.1 Å². The third-order valence-electron chi connectivity index (χ3n) is 6.24. The molecule has 2 aromatic rings. The van der Waals surface area contributed by atoms with Crippen LogP contribution in [0.1, 0.15) is 53.4 Å². The first-order chi connectivity index (χ1) is 17.4. The Morgan fingerprint density at radius 2 is 2.11 bits per heavy atom. The summed E-state index contributed by atoms with van der Waals surface area (Å²) in [4.78, 5) is 49.1. The number of aromatic nitrogens is 2. The highest BCUT2D eigenvalue weighted by molar-refractivity contribution is 6.02. The minimum absolute atomic E-state index is 0.0574. The number of anilines is 3. The van der Waals surface area contributed by atoms with Gasteiger partial charge in [-0.05, 0) is 37.8 Å². The van der Waals surface area contributed by atoms with E-state index >= 15 is 0 Å². The molecule has 0 spiro atoms. The van der Waals surface area contributed by atoms with Gasteiger partial charge in [0, 0.05) is 57.0 Å². The zero-order valence-electron chi connectivity index (χ0n) is 20.4. The van der Waals surface area contributed by atoms with Gasteiger partial charge < -0.3 is 15.0 Å². The van der Waals surface area contributed by atoms with Crippen LogP contribution in [0.15, 0.2) is 18.3 Å². The van der Waals surface area contributed by atoms with Crippen molar-refractivity contribution < 1.29 is 19.1 Å². The lowest BCUT2D eigenvalue weighted by molar-refractivity contribution is -0.128. The Bertz CT molecular complexity index is 1210. The van der Waals surface area contributed by atoms with Crippen LogP contribution < -0.4 is 15.5 Å². The second-order valence-electron chi connectivity index (χ2n) is 8.97. The maximum absolute atomic E-state index is 13.2. The zero-order chi connectivity index (χ0) is 25.7. The molecule has 11 nitrogen and oxygen atoms in total. The van der Waals surface area contributed by atoms with Gasteiger partial charge in [0.2, 0.25) is 5.91 Å². The van der Waals surface area contributed by atoms with Crippen LogP contribution in [0.2, 0.25) is 0 Å². The number of aldehydes is 1. The summed E-state index contributed by atoms with van der Waals surface area (Å²) >= 11 is 0. The molecule has 1 atom stereocenters. The van der Waals surface area contributed by atoms with Crippen molar-refractivity contribution in [1.29, 1.82) is 5.26 Å². The number of methoxy groups -OCH3 is 1. The number of ether oxygens (including phenoxy) is 1. The molecule has 0 radical (unpaired) electrons. The summed E-state index contributed by atoms with van der Waals surface area (Å²) in [5.74, 6) is 0.780. The lowest BCUT2D eigenvalue weighted by Gasteiger charge is -2.29. The minimum atomic E-state index is -0.434. The Morgan fingerprint density at radius 1 is 1.31 bits per heavy atom. The minimum Gasteiger partial charge on any atom is -0.383 e. The molecule has 11 heteroatoms. The summed E-state index contributed by atoms with van der Waals surface area (Å²) in [5.41, 5.74) is 2.65. The number of aryl methyl sites for hydroxylation is 1. The van der Waals surface area contributed by atoms with Gasteiger partial charge in [-0.15, -0.1) is 0 Å². The largest absolute Gasteiger partial charge is 0.383 e. The Morgan fingerprint density at radius 3 is 2.81 bits per heavy atom. The van der Waals surface area contributed by atoms with Gasteiger partial charge in [0.25, 0.3) is 0 Å². The van der Waals surface area contributed by atoms with E-state index in [1.54, 1.807) is 18.1 Å². The summed E-state index contributed by atoms with van der Waals surface area (Å²) < 4.78 is 5.14. The van der Waals surface area contributed by atoms with E-state index in [1.807, 2.05) is 13.0 Å². The van der Waals surface area contributed by atoms with Crippen LogP contribution in [0.3, 0.4) is 0 Å². The summed E-state index contributed by atoms with van der Waals surface area (Å²) in [6, 6.07) is 5.09. The van der Waals surface area contributed by atoms with Crippen molar-refractivity contribution >= 4 is 35.5 Å². The van der Waals surface area contributed by atoms with Gasteiger partial charge in [0.15, 0.2) is 6.29 Å². The number of fused-ring (bicyclic) bond motifs is 1. The average molecular weight is 492 g/mol. The van der Waals surface area contributed by atoms with Crippen LogP contribution in [0.4, 0.5) is 22.1 Å². The van der Waals surface area contributed by atoms with Crippen LogP contribution in [-0.2, 0) is 22.5 Å². The molecule has 36 heavy (non-hydrogen) atoms. The average Bonchev–Trinajstić information content (AvgIpc) is 3.27. The van der Waals surface area contributed by atoms with E-state index in [9.17, 15) is 19.6 Å². The normalized spacial score (nSPS) is 15.8. The molecule has 2 aromatic heterocycles. The number of urea groups is 1. The molecule has 0 saturated carbocycles. The number of nitrogens with zero attached hydrogens (tertiary/aromatic N) is 5. The predicted octanol–water partition coefficient (Wildman–Crippen LogP) is 2.71. The molecule has 1 fully saturated rings. The third-order valence-corrected chi connectivity index (χ3v) is 6.24. The molecular weight excluding hydrogens is 462 g/mol. The topological polar surface area (TPSA) is 141 Å². The summed E-state index contributed by atoms with van der Waals surface area (Å²) in [7, 11) is 1.59. The molecule has 1 saturated heterocycles. The molecule has 0 bridgehead atoms. The van der Waals surface area contributed by atoms with Crippen molar-refractivity contribution in [2.75, 3.05) is 42.3 Å². The smallest absolute Gasteiger partial charge is 0.328 e. The number of likely N-dealkylation sites (tertiary alicyclic amines) is 1. The molecule has 0 aliphatic carbocycles. The van der Waals surface area contributed by atoms with Gasteiger partial charge in [-0.1, -0.05) is 0 Å². The fourth-order valence-corrected chi connectivity index (χ4v) is 4.53. The maximum atomic E-state index is 13.2.